The molecule has 0 N–H and O–H groups in total. The molecule has 0 fully saturated rings. The fraction of sp³-hybridized carbons (Fsp3) is 0.133. The van der Waals surface area contributed by atoms with Gasteiger partial charge in [0.25, 0.3) is 0 Å². The van der Waals surface area contributed by atoms with Gasteiger partial charge in [0.05, 0.1) is 5.56 Å². The Morgan fingerprint density at radius 2 is 1.27 bits per heavy atom. The molecule has 0 aliphatic carbocycles. The number of furan rings is 1. The van der Waals surface area contributed by atoms with Crippen molar-refractivity contribution in [1.82, 2.24) is 0 Å². The summed E-state index contributed by atoms with van der Waals surface area (Å²) in [6.45, 7) is 1.99. The molecule has 4 aromatic carbocycles. The molecule has 0 amide bonds. The van der Waals surface area contributed by atoms with E-state index in [0.717, 1.165) is 30.5 Å². The minimum atomic E-state index is -4.66. The van der Waals surface area contributed by atoms with Crippen molar-refractivity contribution in [3.8, 4) is 28.2 Å². The number of fused-ring (bicyclic) bond motifs is 1. The van der Waals surface area contributed by atoms with E-state index in [2.05, 4.69) is 4.74 Å². The Bertz CT molecular complexity index is 1640. The number of rotatable bonds is 7. The lowest BCUT2D eigenvalue weighted by atomic mass is 10.00. The molecule has 0 unspecified atom stereocenters. The Morgan fingerprint density at radius 3 is 1.88 bits per heavy atom. The molecule has 2 nitrogen and oxygen atoms in total. The minimum Gasteiger partial charge on any atom is -0.456 e. The van der Waals surface area contributed by atoms with Crippen LogP contribution in [0.5, 0.6) is 5.75 Å². The normalized spacial score (nSPS) is 11.8. The average Bonchev–Trinajstić information content (AvgIpc) is 3.25. The smallest absolute Gasteiger partial charge is 0.432 e. The molecule has 0 aliphatic rings. The lowest BCUT2D eigenvalue weighted by molar-refractivity contribution is -0.189. The van der Waals surface area contributed by atoms with Crippen LogP contribution in [0.1, 0.15) is 24.5 Å². The summed E-state index contributed by atoms with van der Waals surface area (Å²) < 4.78 is 125. The highest BCUT2D eigenvalue weighted by Crippen LogP contribution is 2.40. The number of aryl methyl sites for hydroxylation is 1. The number of ether oxygens (including phenoxy) is 1. The number of benzene rings is 4. The Hall–Kier alpha value is -4.34. The third-order valence-corrected chi connectivity index (χ3v) is 6.23. The van der Waals surface area contributed by atoms with Gasteiger partial charge in [0.2, 0.25) is 0 Å². The first kappa shape index (κ1) is 27.2. The summed E-state index contributed by atoms with van der Waals surface area (Å²) in [7, 11) is 0. The summed E-state index contributed by atoms with van der Waals surface area (Å²) >= 11 is 0. The van der Waals surface area contributed by atoms with Gasteiger partial charge in [0.1, 0.15) is 45.9 Å². The van der Waals surface area contributed by atoms with Crippen LogP contribution in [0.3, 0.4) is 0 Å². The van der Waals surface area contributed by atoms with E-state index < -0.39 is 63.6 Å². The predicted molar refractivity (Wildman–Crippen MR) is 132 cm³/mol. The molecule has 5 aromatic rings. The third-order valence-electron chi connectivity index (χ3n) is 6.23. The highest BCUT2D eigenvalue weighted by Gasteiger charge is 2.41. The highest BCUT2D eigenvalue weighted by atomic mass is 19.3. The van der Waals surface area contributed by atoms with E-state index in [9.17, 15) is 35.1 Å². The van der Waals surface area contributed by atoms with Crippen LogP contribution in [0.4, 0.5) is 35.1 Å². The first-order valence-corrected chi connectivity index (χ1v) is 12.0. The van der Waals surface area contributed by atoms with E-state index in [1.54, 1.807) is 24.3 Å². The Kier molecular flexibility index (Phi) is 7.03. The zero-order valence-electron chi connectivity index (χ0n) is 20.6. The summed E-state index contributed by atoms with van der Waals surface area (Å²) in [5.74, 6) is -10.2. The van der Waals surface area contributed by atoms with Gasteiger partial charge in [-0.1, -0.05) is 37.6 Å². The van der Waals surface area contributed by atoms with E-state index in [1.807, 2.05) is 6.92 Å². The second kappa shape index (κ2) is 10.3. The van der Waals surface area contributed by atoms with Crippen molar-refractivity contribution in [2.75, 3.05) is 0 Å². The highest BCUT2D eigenvalue weighted by molar-refractivity contribution is 5.83. The van der Waals surface area contributed by atoms with Gasteiger partial charge in [-0.25, -0.2) is 26.3 Å². The molecule has 206 valence electrons. The summed E-state index contributed by atoms with van der Waals surface area (Å²) in [5.41, 5.74) is -1.40. The van der Waals surface area contributed by atoms with Gasteiger partial charge in [0, 0.05) is 23.6 Å². The zero-order chi connectivity index (χ0) is 28.8. The van der Waals surface area contributed by atoms with Crippen molar-refractivity contribution < 1.29 is 44.3 Å². The standard InChI is InChI=1S/C30H18F8O2/c1-2-3-15-4-6-16(7-5-15)17-8-24(35)29(25(36)9-17)30(37,38)40-19-12-22(33)28(23(34)13-19)27-11-18-10-20(31)21(32)14-26(18)39-27/h4-14H,2-3H2,1H3. The molecule has 0 aliphatic heterocycles. The summed E-state index contributed by atoms with van der Waals surface area (Å²) in [4.78, 5) is 0. The van der Waals surface area contributed by atoms with Crippen molar-refractivity contribution in [3.05, 3.63) is 113 Å². The summed E-state index contributed by atoms with van der Waals surface area (Å²) in [6.07, 6.45) is -2.97. The van der Waals surface area contributed by atoms with Crippen LogP contribution in [0.15, 0.2) is 71.1 Å². The maximum Gasteiger partial charge on any atom is 0.432 e. The Balaban J connectivity index is 1.44. The van der Waals surface area contributed by atoms with E-state index in [-0.39, 0.29) is 16.5 Å². The van der Waals surface area contributed by atoms with E-state index in [4.69, 9.17) is 4.42 Å². The third kappa shape index (κ3) is 5.13. The van der Waals surface area contributed by atoms with Crippen LogP contribution in [-0.4, -0.2) is 0 Å². The topological polar surface area (TPSA) is 22.4 Å². The molecule has 0 saturated carbocycles. The van der Waals surface area contributed by atoms with Gasteiger partial charge >= 0.3 is 6.11 Å². The summed E-state index contributed by atoms with van der Waals surface area (Å²) in [6, 6.07) is 11.3. The van der Waals surface area contributed by atoms with Crippen LogP contribution < -0.4 is 4.74 Å². The average molecular weight is 562 g/mol. The van der Waals surface area contributed by atoms with E-state index in [1.165, 1.54) is 0 Å². The largest absolute Gasteiger partial charge is 0.456 e. The number of alkyl halides is 2. The number of halogens is 8. The lowest BCUT2D eigenvalue weighted by Crippen LogP contribution is -2.25. The van der Waals surface area contributed by atoms with Crippen molar-refractivity contribution in [2.24, 2.45) is 0 Å². The monoisotopic (exact) mass is 562 g/mol. The lowest BCUT2D eigenvalue weighted by Gasteiger charge is -2.20. The van der Waals surface area contributed by atoms with Crippen LogP contribution in [0.25, 0.3) is 33.4 Å². The maximum atomic E-state index is 14.9. The number of hydrogen-bond donors (Lipinski definition) is 0. The molecular formula is C30H18F8O2. The van der Waals surface area contributed by atoms with Crippen molar-refractivity contribution >= 4 is 11.0 Å². The van der Waals surface area contributed by atoms with Gasteiger partial charge in [0.15, 0.2) is 11.6 Å². The fourth-order valence-electron chi connectivity index (χ4n) is 4.37. The molecule has 0 atom stereocenters. The van der Waals surface area contributed by atoms with Crippen molar-refractivity contribution in [1.29, 1.82) is 0 Å². The van der Waals surface area contributed by atoms with Crippen molar-refractivity contribution in [2.45, 2.75) is 25.9 Å². The zero-order valence-corrected chi connectivity index (χ0v) is 20.6. The fourth-order valence-corrected chi connectivity index (χ4v) is 4.37. The molecule has 0 saturated heterocycles. The second-order valence-electron chi connectivity index (χ2n) is 9.06. The molecule has 40 heavy (non-hydrogen) atoms. The van der Waals surface area contributed by atoms with E-state index in [0.29, 0.717) is 35.9 Å². The van der Waals surface area contributed by atoms with Gasteiger partial charge in [-0.3, -0.25) is 0 Å². The van der Waals surface area contributed by atoms with Crippen LogP contribution in [-0.2, 0) is 12.5 Å². The molecule has 1 heterocycles. The molecule has 0 radical (unpaired) electrons. The van der Waals surface area contributed by atoms with Gasteiger partial charge < -0.3 is 9.15 Å². The van der Waals surface area contributed by atoms with Gasteiger partial charge in [-0.15, -0.1) is 0 Å². The van der Waals surface area contributed by atoms with Crippen LogP contribution in [0, 0.1) is 34.9 Å². The van der Waals surface area contributed by atoms with Gasteiger partial charge in [-0.2, -0.15) is 8.78 Å². The van der Waals surface area contributed by atoms with Crippen molar-refractivity contribution in [3.63, 3.8) is 0 Å². The minimum absolute atomic E-state index is 0.00429. The summed E-state index contributed by atoms with van der Waals surface area (Å²) in [5, 5.41) is -0.00846. The second-order valence-corrected chi connectivity index (χ2v) is 9.06. The van der Waals surface area contributed by atoms with Gasteiger partial charge in [-0.05, 0) is 47.4 Å². The molecule has 10 heteroatoms. The number of hydrogen-bond acceptors (Lipinski definition) is 2. The molecule has 0 spiro atoms. The molecular weight excluding hydrogens is 544 g/mol. The van der Waals surface area contributed by atoms with E-state index >= 15 is 0 Å². The van der Waals surface area contributed by atoms with Crippen LogP contribution in [0.2, 0.25) is 0 Å². The maximum absolute atomic E-state index is 14.9. The SMILES string of the molecule is CCCc1ccc(-c2cc(F)c(C(F)(F)Oc3cc(F)c(-c4cc5cc(F)c(F)cc5o4)c(F)c3)c(F)c2)cc1. The Labute approximate surface area is 222 Å². The van der Waals surface area contributed by atoms with Crippen LogP contribution >= 0.6 is 0 Å². The molecule has 5 rings (SSSR count). The molecule has 1 aromatic heterocycles. The quantitative estimate of drug-likeness (QED) is 0.184. The predicted octanol–water partition coefficient (Wildman–Crippen LogP) is 9.68. The first-order chi connectivity index (χ1) is 19.0. The molecule has 0 bridgehead atoms. The Morgan fingerprint density at radius 1 is 0.675 bits per heavy atom. The first-order valence-electron chi connectivity index (χ1n) is 12.0.